The molecule has 0 amide bonds. The summed E-state index contributed by atoms with van der Waals surface area (Å²) < 4.78 is 0.468. The predicted molar refractivity (Wildman–Crippen MR) is 92.2 cm³/mol. The summed E-state index contributed by atoms with van der Waals surface area (Å²) in [5.41, 5.74) is 1.53. The van der Waals surface area contributed by atoms with Crippen LogP contribution in [0.25, 0.3) is 0 Å². The molecule has 0 N–H and O–H groups in total. The molecule has 1 unspecified atom stereocenters. The zero-order valence-electron chi connectivity index (χ0n) is 12.5. The van der Waals surface area contributed by atoms with Gasteiger partial charge < -0.3 is 0 Å². The molecule has 20 heavy (non-hydrogen) atoms. The average Bonchev–Trinajstić information content (AvgIpc) is 3.16. The van der Waals surface area contributed by atoms with Crippen molar-refractivity contribution in [3.05, 3.63) is 66.2 Å². The average molecular weight is 299 g/mol. The monoisotopic (exact) mass is 298 g/mol. The van der Waals surface area contributed by atoms with Gasteiger partial charge in [-0.15, -0.1) is 11.8 Å². The summed E-state index contributed by atoms with van der Waals surface area (Å²) in [7, 11) is -1.24. The molecule has 0 aliphatic heterocycles. The van der Waals surface area contributed by atoms with Crippen LogP contribution in [-0.4, -0.2) is 12.4 Å². The standard InChI is InChI=1S/C18H22SSi/c1-20(2,3)18(19-16-12-8-5-9-13-16)14-17(18)15-10-6-4-7-11-15/h4-13,17H,14H2,1-3H3/t17?,18-/m0/s1. The quantitative estimate of drug-likeness (QED) is 0.664. The second-order valence-corrected chi connectivity index (χ2v) is 13.9. The molecule has 1 saturated carbocycles. The Bertz CT molecular complexity index is 573. The lowest BCUT2D eigenvalue weighted by atomic mass is 10.1. The lowest BCUT2D eigenvalue weighted by Gasteiger charge is -2.30. The number of rotatable bonds is 4. The minimum Gasteiger partial charge on any atom is -0.122 e. The van der Waals surface area contributed by atoms with Crippen LogP contribution in [0, 0.1) is 0 Å². The largest absolute Gasteiger partial charge is 0.122 e. The molecule has 0 spiro atoms. The van der Waals surface area contributed by atoms with E-state index in [4.69, 9.17) is 0 Å². The van der Waals surface area contributed by atoms with E-state index in [1.165, 1.54) is 16.9 Å². The summed E-state index contributed by atoms with van der Waals surface area (Å²) in [4.78, 5) is 1.42. The smallest absolute Gasteiger partial charge is 0.0639 e. The van der Waals surface area contributed by atoms with E-state index in [-0.39, 0.29) is 0 Å². The SMILES string of the molecule is C[Si](C)(C)[C@@]1(Sc2ccccc2)CC1c1ccccc1. The molecule has 1 aliphatic carbocycles. The molecule has 2 aromatic rings. The van der Waals surface area contributed by atoms with Gasteiger partial charge in [0.15, 0.2) is 0 Å². The molecule has 2 atom stereocenters. The van der Waals surface area contributed by atoms with Crippen LogP contribution in [-0.2, 0) is 0 Å². The van der Waals surface area contributed by atoms with Gasteiger partial charge in [-0.1, -0.05) is 68.2 Å². The zero-order chi connectivity index (χ0) is 14.2. The Morgan fingerprint density at radius 3 is 2.00 bits per heavy atom. The topological polar surface area (TPSA) is 0 Å². The second-order valence-electron chi connectivity index (χ2n) is 6.72. The first-order valence-electron chi connectivity index (χ1n) is 7.32. The molecule has 0 heterocycles. The van der Waals surface area contributed by atoms with Crippen molar-refractivity contribution < 1.29 is 0 Å². The van der Waals surface area contributed by atoms with E-state index in [0.29, 0.717) is 4.37 Å². The molecule has 0 nitrogen and oxygen atoms in total. The number of hydrogen-bond donors (Lipinski definition) is 0. The minimum atomic E-state index is -1.24. The first kappa shape index (κ1) is 14.0. The molecule has 3 rings (SSSR count). The van der Waals surface area contributed by atoms with E-state index < -0.39 is 8.07 Å². The van der Waals surface area contributed by atoms with Crippen molar-refractivity contribution in [1.29, 1.82) is 0 Å². The van der Waals surface area contributed by atoms with Crippen LogP contribution >= 0.6 is 11.8 Å². The maximum atomic E-state index is 2.52. The van der Waals surface area contributed by atoms with Crippen molar-refractivity contribution in [2.75, 3.05) is 0 Å². The molecule has 2 heteroatoms. The van der Waals surface area contributed by atoms with Crippen LogP contribution in [0.15, 0.2) is 65.6 Å². The lowest BCUT2D eigenvalue weighted by Crippen LogP contribution is -2.39. The third-order valence-corrected chi connectivity index (χ3v) is 11.0. The van der Waals surface area contributed by atoms with Crippen molar-refractivity contribution in [1.82, 2.24) is 0 Å². The van der Waals surface area contributed by atoms with Crippen LogP contribution in [0.5, 0.6) is 0 Å². The van der Waals surface area contributed by atoms with E-state index >= 15 is 0 Å². The van der Waals surface area contributed by atoms with Crippen molar-refractivity contribution in [2.45, 2.75) is 41.2 Å². The fraction of sp³-hybridized carbons (Fsp3) is 0.333. The third-order valence-electron chi connectivity index (χ3n) is 4.42. The van der Waals surface area contributed by atoms with Crippen LogP contribution in [0.2, 0.25) is 19.6 Å². The fourth-order valence-electron chi connectivity index (χ4n) is 3.11. The van der Waals surface area contributed by atoms with E-state index in [1.807, 2.05) is 0 Å². The van der Waals surface area contributed by atoms with Gasteiger partial charge >= 0.3 is 0 Å². The summed E-state index contributed by atoms with van der Waals surface area (Å²) in [6, 6.07) is 22.0. The highest BCUT2D eigenvalue weighted by molar-refractivity contribution is 8.03. The number of thioether (sulfide) groups is 1. The summed E-state index contributed by atoms with van der Waals surface area (Å²) in [5.74, 6) is 0.737. The van der Waals surface area contributed by atoms with E-state index in [2.05, 4.69) is 92.1 Å². The van der Waals surface area contributed by atoms with Crippen molar-refractivity contribution in [3.8, 4) is 0 Å². The molecule has 104 valence electrons. The Kier molecular flexibility index (Phi) is 3.55. The highest BCUT2D eigenvalue weighted by atomic mass is 32.2. The highest BCUT2D eigenvalue weighted by Gasteiger charge is 2.62. The summed E-state index contributed by atoms with van der Waals surface area (Å²) in [6.07, 6.45) is 1.34. The Morgan fingerprint density at radius 2 is 1.45 bits per heavy atom. The Balaban J connectivity index is 1.90. The van der Waals surface area contributed by atoms with Crippen LogP contribution in [0.4, 0.5) is 0 Å². The van der Waals surface area contributed by atoms with E-state index in [1.54, 1.807) is 0 Å². The lowest BCUT2D eigenvalue weighted by molar-refractivity contribution is 1.08. The van der Waals surface area contributed by atoms with Gasteiger partial charge in [0.1, 0.15) is 0 Å². The molecule has 0 bridgehead atoms. The van der Waals surface area contributed by atoms with Crippen molar-refractivity contribution in [3.63, 3.8) is 0 Å². The van der Waals surface area contributed by atoms with Gasteiger partial charge in [-0.2, -0.15) is 0 Å². The number of hydrogen-bond acceptors (Lipinski definition) is 1. The van der Waals surface area contributed by atoms with Gasteiger partial charge in [-0.25, -0.2) is 0 Å². The minimum absolute atomic E-state index is 0.468. The molecule has 1 fully saturated rings. The zero-order valence-corrected chi connectivity index (χ0v) is 14.3. The summed E-state index contributed by atoms with van der Waals surface area (Å²) in [5, 5.41) is 0. The molecule has 1 aliphatic rings. The summed E-state index contributed by atoms with van der Waals surface area (Å²) >= 11 is 2.13. The van der Waals surface area contributed by atoms with Crippen molar-refractivity contribution in [2.24, 2.45) is 0 Å². The Labute approximate surface area is 127 Å². The molecule has 0 radical (unpaired) electrons. The van der Waals surface area contributed by atoms with Crippen LogP contribution < -0.4 is 0 Å². The van der Waals surface area contributed by atoms with Crippen LogP contribution in [0.1, 0.15) is 17.9 Å². The predicted octanol–water partition coefficient (Wildman–Crippen LogP) is 5.58. The highest BCUT2D eigenvalue weighted by Crippen LogP contribution is 2.66. The molecular weight excluding hydrogens is 276 g/mol. The maximum Gasteiger partial charge on any atom is 0.0639 e. The fourth-order valence-corrected chi connectivity index (χ4v) is 7.96. The molecule has 2 aromatic carbocycles. The normalized spacial score (nSPS) is 25.4. The third kappa shape index (κ3) is 2.47. The van der Waals surface area contributed by atoms with Gasteiger partial charge in [-0.05, 0) is 30.0 Å². The van der Waals surface area contributed by atoms with E-state index in [0.717, 1.165) is 5.92 Å². The van der Waals surface area contributed by atoms with Gasteiger partial charge in [0, 0.05) is 9.27 Å². The summed E-state index contributed by atoms with van der Waals surface area (Å²) in [6.45, 7) is 7.56. The first-order chi connectivity index (χ1) is 9.53. The number of benzene rings is 2. The Morgan fingerprint density at radius 1 is 0.900 bits per heavy atom. The second kappa shape index (κ2) is 5.08. The molecular formula is C18H22SSi. The van der Waals surface area contributed by atoms with Gasteiger partial charge in [-0.3, -0.25) is 0 Å². The van der Waals surface area contributed by atoms with Gasteiger partial charge in [0.05, 0.1) is 8.07 Å². The molecule has 0 saturated heterocycles. The molecule has 0 aromatic heterocycles. The first-order valence-corrected chi connectivity index (χ1v) is 11.6. The Hall–Kier alpha value is -0.993. The van der Waals surface area contributed by atoms with Gasteiger partial charge in [0.25, 0.3) is 0 Å². The van der Waals surface area contributed by atoms with E-state index in [9.17, 15) is 0 Å². The van der Waals surface area contributed by atoms with Gasteiger partial charge in [0.2, 0.25) is 0 Å². The van der Waals surface area contributed by atoms with Crippen LogP contribution in [0.3, 0.4) is 0 Å². The maximum absolute atomic E-state index is 2.52. The van der Waals surface area contributed by atoms with Crippen molar-refractivity contribution >= 4 is 19.8 Å².